The molecule has 3 rings (SSSR count). The summed E-state index contributed by atoms with van der Waals surface area (Å²) in [6.45, 7) is 0.247. The zero-order chi connectivity index (χ0) is 23.6. The van der Waals surface area contributed by atoms with Crippen LogP contribution in [0.15, 0.2) is 71.8 Å². The zero-order valence-electron chi connectivity index (χ0n) is 17.2. The molecule has 3 aromatic rings. The van der Waals surface area contributed by atoms with Gasteiger partial charge in [0.15, 0.2) is 0 Å². The third kappa shape index (κ3) is 7.16. The molecule has 0 bridgehead atoms. The van der Waals surface area contributed by atoms with E-state index in [1.165, 1.54) is 24.4 Å². The predicted molar refractivity (Wildman–Crippen MR) is 122 cm³/mol. The summed E-state index contributed by atoms with van der Waals surface area (Å²) in [4.78, 5) is 23.9. The fraction of sp³-hybridized carbons (Fsp3) is 0.0833. The Labute approximate surface area is 194 Å². The summed E-state index contributed by atoms with van der Waals surface area (Å²) in [6.07, 6.45) is 0.802. The van der Waals surface area contributed by atoms with Gasteiger partial charge in [-0.05, 0) is 48.0 Å². The van der Waals surface area contributed by atoms with E-state index >= 15 is 0 Å². The maximum Gasteiger partial charge on any atom is 0.249 e. The Morgan fingerprint density at radius 1 is 1.09 bits per heavy atom. The number of hydrazone groups is 1. The van der Waals surface area contributed by atoms with Crippen molar-refractivity contribution in [2.45, 2.75) is 13.0 Å². The molecule has 9 heteroatoms. The monoisotopic (exact) mass is 464 g/mol. The van der Waals surface area contributed by atoms with Crippen LogP contribution in [0.25, 0.3) is 0 Å². The molecule has 7 nitrogen and oxygen atoms in total. The van der Waals surface area contributed by atoms with E-state index in [0.717, 1.165) is 5.56 Å². The van der Waals surface area contributed by atoms with Gasteiger partial charge in [-0.25, -0.2) is 9.82 Å². The van der Waals surface area contributed by atoms with Crippen LogP contribution in [0.3, 0.4) is 0 Å². The average Bonchev–Trinajstić information content (AvgIpc) is 2.80. The van der Waals surface area contributed by atoms with Crippen LogP contribution in [0.2, 0.25) is 5.02 Å². The normalized spacial score (nSPS) is 10.5. The van der Waals surface area contributed by atoms with Crippen LogP contribution in [-0.2, 0) is 16.2 Å². The van der Waals surface area contributed by atoms with Crippen molar-refractivity contribution in [2.24, 2.45) is 5.10 Å². The molecular weight excluding hydrogens is 447 g/mol. The fourth-order valence-corrected chi connectivity index (χ4v) is 2.88. The minimum Gasteiger partial charge on any atom is -0.488 e. The summed E-state index contributed by atoms with van der Waals surface area (Å²) < 4.78 is 19.4. The average molecular weight is 465 g/mol. The van der Waals surface area contributed by atoms with Crippen molar-refractivity contribution in [3.8, 4) is 11.8 Å². The highest BCUT2D eigenvalue weighted by Gasteiger charge is 2.11. The lowest BCUT2D eigenvalue weighted by Gasteiger charge is -2.10. The van der Waals surface area contributed by atoms with Gasteiger partial charge in [-0.2, -0.15) is 10.4 Å². The lowest BCUT2D eigenvalue weighted by atomic mass is 10.1. The summed E-state index contributed by atoms with van der Waals surface area (Å²) in [7, 11) is 0. The molecule has 33 heavy (non-hydrogen) atoms. The van der Waals surface area contributed by atoms with Gasteiger partial charge in [0.1, 0.15) is 24.6 Å². The molecule has 0 fully saturated rings. The highest BCUT2D eigenvalue weighted by Crippen LogP contribution is 2.22. The maximum atomic E-state index is 13.6. The van der Waals surface area contributed by atoms with Gasteiger partial charge >= 0.3 is 0 Å². The number of para-hydroxylation sites is 1. The van der Waals surface area contributed by atoms with Crippen LogP contribution < -0.4 is 15.5 Å². The first-order valence-electron chi connectivity index (χ1n) is 9.72. The molecule has 0 aliphatic heterocycles. The number of hydrogen-bond acceptors (Lipinski definition) is 5. The number of carbonyl (C=O) groups is 2. The number of carbonyl (C=O) groups excluding carboxylic acids is 2. The number of anilines is 1. The number of halogens is 2. The molecule has 0 aromatic heterocycles. The number of ether oxygens (including phenoxy) is 1. The molecule has 0 heterocycles. The van der Waals surface area contributed by atoms with E-state index in [1.807, 2.05) is 0 Å². The molecule has 0 radical (unpaired) electrons. The molecule has 0 saturated heterocycles. The minimum absolute atomic E-state index is 0.0122. The Kier molecular flexibility index (Phi) is 8.11. The van der Waals surface area contributed by atoms with Crippen molar-refractivity contribution >= 4 is 35.3 Å². The Balaban J connectivity index is 1.56. The molecule has 2 N–H and O–H groups in total. The summed E-state index contributed by atoms with van der Waals surface area (Å²) in [6, 6.07) is 19.6. The van der Waals surface area contributed by atoms with Gasteiger partial charge in [0, 0.05) is 10.6 Å². The van der Waals surface area contributed by atoms with Gasteiger partial charge in [0.25, 0.3) is 0 Å². The third-order valence-corrected chi connectivity index (χ3v) is 4.55. The Morgan fingerprint density at radius 2 is 1.85 bits per heavy atom. The number of rotatable bonds is 8. The lowest BCUT2D eigenvalue weighted by Crippen LogP contribution is -2.25. The molecule has 0 unspecified atom stereocenters. The first-order chi connectivity index (χ1) is 15.9. The van der Waals surface area contributed by atoms with Gasteiger partial charge in [0.2, 0.25) is 11.8 Å². The van der Waals surface area contributed by atoms with Crippen molar-refractivity contribution in [1.29, 1.82) is 5.26 Å². The minimum atomic E-state index is -0.679. The summed E-state index contributed by atoms with van der Waals surface area (Å²) in [5.41, 5.74) is 4.15. The number of benzene rings is 3. The van der Waals surface area contributed by atoms with E-state index in [2.05, 4.69) is 21.9 Å². The smallest absolute Gasteiger partial charge is 0.249 e. The second-order valence-electron chi connectivity index (χ2n) is 6.78. The number of nitrogens with one attached hydrogen (secondary N) is 2. The van der Waals surface area contributed by atoms with E-state index in [9.17, 15) is 14.0 Å². The number of nitrogens with zero attached hydrogens (tertiary/aromatic N) is 2. The SMILES string of the molecule is N#Cc1ccc(COc2ccc(Cl)cc2C=NNC(=O)CC(=O)Nc2ccccc2F)cc1. The van der Waals surface area contributed by atoms with Gasteiger partial charge in [-0.15, -0.1) is 0 Å². The van der Waals surface area contributed by atoms with Crippen LogP contribution in [0.4, 0.5) is 10.1 Å². The van der Waals surface area contributed by atoms with Gasteiger partial charge in [-0.3, -0.25) is 9.59 Å². The maximum absolute atomic E-state index is 13.6. The molecule has 0 spiro atoms. The summed E-state index contributed by atoms with van der Waals surface area (Å²) in [5.74, 6) is -1.48. The largest absolute Gasteiger partial charge is 0.488 e. The molecule has 0 aliphatic carbocycles. The Morgan fingerprint density at radius 3 is 2.58 bits per heavy atom. The van der Waals surface area contributed by atoms with Gasteiger partial charge < -0.3 is 10.1 Å². The molecule has 0 aliphatic rings. The Hall–Kier alpha value is -4.22. The van der Waals surface area contributed by atoms with Gasteiger partial charge in [-0.1, -0.05) is 35.9 Å². The van der Waals surface area contributed by atoms with Gasteiger partial charge in [0.05, 0.1) is 23.5 Å². The second kappa shape index (κ2) is 11.4. The second-order valence-corrected chi connectivity index (χ2v) is 7.21. The van der Waals surface area contributed by atoms with Crippen LogP contribution in [-0.4, -0.2) is 18.0 Å². The van der Waals surface area contributed by atoms with E-state index in [4.69, 9.17) is 21.6 Å². The highest BCUT2D eigenvalue weighted by atomic mass is 35.5. The standard InChI is InChI=1S/C24H18ClFN4O3/c25-19-9-10-22(33-15-17-7-5-16(13-27)6-8-17)18(11-19)14-28-30-24(32)12-23(31)29-21-4-2-1-3-20(21)26/h1-11,14H,12,15H2,(H,29,31)(H,30,32). The topological polar surface area (TPSA) is 104 Å². The molecule has 0 atom stereocenters. The fourth-order valence-electron chi connectivity index (χ4n) is 2.70. The zero-order valence-corrected chi connectivity index (χ0v) is 18.0. The number of amides is 2. The highest BCUT2D eigenvalue weighted by molar-refractivity contribution is 6.30. The van der Waals surface area contributed by atoms with Crippen LogP contribution in [0.5, 0.6) is 5.75 Å². The van der Waals surface area contributed by atoms with Crippen LogP contribution >= 0.6 is 11.6 Å². The molecule has 2 amide bonds. The van der Waals surface area contributed by atoms with Crippen molar-refractivity contribution in [2.75, 3.05) is 5.32 Å². The van der Waals surface area contributed by atoms with E-state index in [0.29, 0.717) is 21.9 Å². The quantitative estimate of drug-likeness (QED) is 0.293. The van der Waals surface area contributed by atoms with E-state index in [1.54, 1.807) is 48.5 Å². The van der Waals surface area contributed by atoms with Crippen molar-refractivity contribution in [3.63, 3.8) is 0 Å². The molecule has 166 valence electrons. The Bertz CT molecular complexity index is 1220. The molecule has 3 aromatic carbocycles. The first-order valence-corrected chi connectivity index (χ1v) is 10.1. The third-order valence-electron chi connectivity index (χ3n) is 4.31. The van der Waals surface area contributed by atoms with Crippen molar-refractivity contribution in [3.05, 3.63) is 94.3 Å². The van der Waals surface area contributed by atoms with E-state index < -0.39 is 24.1 Å². The van der Waals surface area contributed by atoms with Crippen molar-refractivity contribution < 1.29 is 18.7 Å². The number of hydrogen-bond donors (Lipinski definition) is 2. The van der Waals surface area contributed by atoms with Crippen LogP contribution in [0, 0.1) is 17.1 Å². The molecule has 0 saturated carbocycles. The predicted octanol–water partition coefficient (Wildman–Crippen LogP) is 4.41. The first kappa shape index (κ1) is 23.4. The van der Waals surface area contributed by atoms with Crippen molar-refractivity contribution in [1.82, 2.24) is 5.43 Å². The summed E-state index contributed by atoms with van der Waals surface area (Å²) >= 11 is 6.05. The molecular formula is C24H18ClFN4O3. The van der Waals surface area contributed by atoms with E-state index in [-0.39, 0.29) is 12.3 Å². The lowest BCUT2D eigenvalue weighted by molar-refractivity contribution is -0.126. The summed E-state index contributed by atoms with van der Waals surface area (Å²) in [5, 5.41) is 15.5. The number of nitriles is 1. The van der Waals surface area contributed by atoms with Crippen LogP contribution in [0.1, 0.15) is 23.1 Å².